The highest BCUT2D eigenvalue weighted by Crippen LogP contribution is 2.57. The lowest BCUT2D eigenvalue weighted by atomic mass is 9.88. The van der Waals surface area contributed by atoms with Crippen molar-refractivity contribution in [2.24, 2.45) is 17.8 Å². The molecule has 0 aromatic heterocycles. The molecule has 2 aromatic carbocycles. The molecule has 98 valence electrons. The van der Waals surface area contributed by atoms with Gasteiger partial charge in [-0.2, -0.15) is 0 Å². The van der Waals surface area contributed by atoms with Crippen LogP contribution in [0.15, 0.2) is 42.5 Å². The van der Waals surface area contributed by atoms with Crippen LogP contribution in [-0.4, -0.2) is 7.05 Å². The molecule has 0 bridgehead atoms. The van der Waals surface area contributed by atoms with Crippen molar-refractivity contribution in [3.63, 3.8) is 0 Å². The van der Waals surface area contributed by atoms with Crippen LogP contribution < -0.4 is 5.32 Å². The monoisotopic (exact) mass is 251 g/mol. The summed E-state index contributed by atoms with van der Waals surface area (Å²) in [6, 6.07) is 16.2. The Bertz CT molecular complexity index is 593. The van der Waals surface area contributed by atoms with E-state index in [0.717, 1.165) is 17.8 Å². The standard InChI is InChI=1S/C18H21N/c1-19-18(17-10-15-9-16(15)11-17)14-7-6-12-4-2-3-5-13(12)8-14/h2-8,15-19H,9-11H2,1H3. The number of benzene rings is 2. The van der Waals surface area contributed by atoms with Crippen molar-refractivity contribution in [2.45, 2.75) is 25.3 Å². The Balaban J connectivity index is 1.67. The van der Waals surface area contributed by atoms with Gasteiger partial charge in [-0.25, -0.2) is 0 Å². The summed E-state index contributed by atoms with van der Waals surface area (Å²) in [5.74, 6) is 2.96. The number of hydrogen-bond acceptors (Lipinski definition) is 1. The lowest BCUT2D eigenvalue weighted by Gasteiger charge is -2.25. The summed E-state index contributed by atoms with van der Waals surface area (Å²) >= 11 is 0. The molecule has 1 nitrogen and oxygen atoms in total. The van der Waals surface area contributed by atoms with E-state index in [2.05, 4.69) is 54.8 Å². The Hall–Kier alpha value is -1.34. The van der Waals surface area contributed by atoms with Gasteiger partial charge in [-0.3, -0.25) is 0 Å². The molecule has 0 aliphatic heterocycles. The second-order valence-corrected chi connectivity index (χ2v) is 6.36. The predicted molar refractivity (Wildman–Crippen MR) is 80.1 cm³/mol. The first-order valence-corrected chi connectivity index (χ1v) is 7.51. The van der Waals surface area contributed by atoms with Gasteiger partial charge in [0.1, 0.15) is 0 Å². The van der Waals surface area contributed by atoms with Gasteiger partial charge in [0.05, 0.1) is 0 Å². The van der Waals surface area contributed by atoms with Gasteiger partial charge in [0.15, 0.2) is 0 Å². The van der Waals surface area contributed by atoms with Crippen molar-refractivity contribution in [2.75, 3.05) is 7.05 Å². The van der Waals surface area contributed by atoms with Crippen molar-refractivity contribution in [3.05, 3.63) is 48.0 Å². The second kappa shape index (κ2) is 4.35. The Morgan fingerprint density at radius 2 is 1.68 bits per heavy atom. The summed E-state index contributed by atoms with van der Waals surface area (Å²) in [5.41, 5.74) is 1.47. The lowest BCUT2D eigenvalue weighted by Crippen LogP contribution is -2.24. The fraction of sp³-hybridized carbons (Fsp3) is 0.444. The minimum Gasteiger partial charge on any atom is -0.313 e. The molecule has 2 saturated carbocycles. The third-order valence-corrected chi connectivity index (χ3v) is 5.20. The van der Waals surface area contributed by atoms with Crippen LogP contribution in [0.25, 0.3) is 10.8 Å². The van der Waals surface area contributed by atoms with Gasteiger partial charge in [0.2, 0.25) is 0 Å². The molecular weight excluding hydrogens is 230 g/mol. The van der Waals surface area contributed by atoms with Gasteiger partial charge in [-0.1, -0.05) is 36.4 Å². The maximum Gasteiger partial charge on any atom is 0.0346 e. The van der Waals surface area contributed by atoms with Crippen LogP contribution in [0.2, 0.25) is 0 Å². The van der Waals surface area contributed by atoms with Gasteiger partial charge in [0, 0.05) is 6.04 Å². The van der Waals surface area contributed by atoms with Gasteiger partial charge < -0.3 is 5.32 Å². The highest BCUT2D eigenvalue weighted by Gasteiger charge is 2.47. The molecule has 0 saturated heterocycles. The number of fused-ring (bicyclic) bond motifs is 2. The molecule has 3 atom stereocenters. The van der Waals surface area contributed by atoms with Crippen molar-refractivity contribution in [1.29, 1.82) is 0 Å². The molecule has 19 heavy (non-hydrogen) atoms. The average Bonchev–Trinajstić information content (AvgIpc) is 3.06. The lowest BCUT2D eigenvalue weighted by molar-refractivity contribution is 0.360. The fourth-order valence-corrected chi connectivity index (χ4v) is 4.11. The second-order valence-electron chi connectivity index (χ2n) is 6.36. The van der Waals surface area contributed by atoms with Crippen molar-refractivity contribution >= 4 is 10.8 Å². The molecule has 0 radical (unpaired) electrons. The van der Waals surface area contributed by atoms with Crippen LogP contribution in [0.1, 0.15) is 30.9 Å². The molecular formula is C18H21N. The first-order chi connectivity index (χ1) is 9.35. The normalized spacial score (nSPS) is 30.3. The van der Waals surface area contributed by atoms with E-state index in [1.54, 1.807) is 0 Å². The minimum atomic E-state index is 0.539. The molecule has 2 fully saturated rings. The van der Waals surface area contributed by atoms with E-state index in [-0.39, 0.29) is 0 Å². The maximum atomic E-state index is 3.57. The van der Waals surface area contributed by atoms with Gasteiger partial charge >= 0.3 is 0 Å². The fourth-order valence-electron chi connectivity index (χ4n) is 4.11. The first-order valence-electron chi connectivity index (χ1n) is 7.51. The Morgan fingerprint density at radius 3 is 2.42 bits per heavy atom. The van der Waals surface area contributed by atoms with E-state index < -0.39 is 0 Å². The van der Waals surface area contributed by atoms with E-state index >= 15 is 0 Å². The highest BCUT2D eigenvalue weighted by molar-refractivity contribution is 5.83. The Labute approximate surface area is 115 Å². The van der Waals surface area contributed by atoms with Crippen LogP contribution in [0, 0.1) is 17.8 Å². The molecule has 1 heteroatoms. The average molecular weight is 251 g/mol. The van der Waals surface area contributed by atoms with E-state index in [0.29, 0.717) is 6.04 Å². The van der Waals surface area contributed by atoms with Crippen molar-refractivity contribution < 1.29 is 0 Å². The molecule has 4 rings (SSSR count). The molecule has 2 aliphatic carbocycles. The van der Waals surface area contributed by atoms with Gasteiger partial charge in [-0.15, -0.1) is 0 Å². The summed E-state index contributed by atoms with van der Waals surface area (Å²) < 4.78 is 0. The topological polar surface area (TPSA) is 12.0 Å². The number of rotatable bonds is 3. The third-order valence-electron chi connectivity index (χ3n) is 5.20. The van der Waals surface area contributed by atoms with Crippen LogP contribution in [-0.2, 0) is 0 Å². The molecule has 0 heterocycles. The zero-order chi connectivity index (χ0) is 12.8. The zero-order valence-corrected chi connectivity index (χ0v) is 11.5. The Morgan fingerprint density at radius 1 is 0.947 bits per heavy atom. The minimum absolute atomic E-state index is 0.539. The van der Waals surface area contributed by atoms with Crippen molar-refractivity contribution in [3.8, 4) is 0 Å². The summed E-state index contributed by atoms with van der Waals surface area (Å²) in [4.78, 5) is 0. The highest BCUT2D eigenvalue weighted by atomic mass is 14.9. The largest absolute Gasteiger partial charge is 0.313 e. The van der Waals surface area contributed by atoms with Crippen LogP contribution in [0.5, 0.6) is 0 Å². The van der Waals surface area contributed by atoms with E-state index in [4.69, 9.17) is 0 Å². The zero-order valence-electron chi connectivity index (χ0n) is 11.5. The molecule has 2 aromatic rings. The number of nitrogens with one attached hydrogen (secondary N) is 1. The van der Waals surface area contributed by atoms with Gasteiger partial charge in [-0.05, 0) is 66.5 Å². The molecule has 3 unspecified atom stereocenters. The van der Waals surface area contributed by atoms with E-state index in [9.17, 15) is 0 Å². The van der Waals surface area contributed by atoms with Crippen LogP contribution in [0.4, 0.5) is 0 Å². The summed E-state index contributed by atoms with van der Waals surface area (Å²) in [5, 5.41) is 6.27. The van der Waals surface area contributed by atoms with Crippen LogP contribution >= 0.6 is 0 Å². The maximum absolute atomic E-state index is 3.57. The third kappa shape index (κ3) is 1.97. The first kappa shape index (κ1) is 11.5. The van der Waals surface area contributed by atoms with Gasteiger partial charge in [0.25, 0.3) is 0 Å². The van der Waals surface area contributed by atoms with Crippen LogP contribution in [0.3, 0.4) is 0 Å². The van der Waals surface area contributed by atoms with E-state index in [1.807, 2.05) is 0 Å². The molecule has 0 spiro atoms. The van der Waals surface area contributed by atoms with Crippen molar-refractivity contribution in [1.82, 2.24) is 5.32 Å². The smallest absolute Gasteiger partial charge is 0.0346 e. The van der Waals surface area contributed by atoms with E-state index in [1.165, 1.54) is 35.6 Å². The Kier molecular flexibility index (Phi) is 2.63. The predicted octanol–water partition coefficient (Wildman–Crippen LogP) is 4.15. The number of hydrogen-bond donors (Lipinski definition) is 1. The molecule has 2 aliphatic rings. The summed E-state index contributed by atoms with van der Waals surface area (Å²) in [6.45, 7) is 0. The molecule has 1 N–H and O–H groups in total. The quantitative estimate of drug-likeness (QED) is 0.864. The summed E-state index contributed by atoms with van der Waals surface area (Å²) in [6.07, 6.45) is 4.37. The summed E-state index contributed by atoms with van der Waals surface area (Å²) in [7, 11) is 2.11. The SMILES string of the molecule is CNC(c1ccc2ccccc2c1)C1CC2CC2C1. The molecule has 0 amide bonds.